The molecule has 6 heteroatoms. The molecular weight excluding hydrogens is 368 g/mol. The summed E-state index contributed by atoms with van der Waals surface area (Å²) in [6.45, 7) is 1.15. The van der Waals surface area contributed by atoms with Gasteiger partial charge in [-0.3, -0.25) is 0 Å². The molecule has 1 N–H and O–H groups in total. The second-order valence-electron chi connectivity index (χ2n) is 7.47. The van der Waals surface area contributed by atoms with E-state index in [1.807, 2.05) is 66.7 Å². The summed E-state index contributed by atoms with van der Waals surface area (Å²) in [4.78, 5) is 13.9. The zero-order valence-electron chi connectivity index (χ0n) is 16.2. The Balaban J connectivity index is 1.29. The molecule has 6 nitrogen and oxygen atoms in total. The van der Waals surface area contributed by atoms with Crippen LogP contribution in [-0.2, 0) is 17.8 Å². The van der Waals surface area contributed by atoms with E-state index >= 15 is 0 Å². The van der Waals surface area contributed by atoms with Crippen LogP contribution in [0.2, 0.25) is 0 Å². The van der Waals surface area contributed by atoms with Gasteiger partial charge in [0.05, 0.1) is 5.60 Å². The molecule has 1 fully saturated rings. The third-order valence-electron chi connectivity index (χ3n) is 5.29. The number of aliphatic hydroxyl groups is 1. The van der Waals surface area contributed by atoms with Gasteiger partial charge in [0.15, 0.2) is 0 Å². The predicted octanol–water partition coefficient (Wildman–Crippen LogP) is 4.05. The number of piperidine rings is 1. The number of benzene rings is 2. The number of carbonyl (C=O) groups excluding carboxylic acids is 1. The molecule has 29 heavy (non-hydrogen) atoms. The molecule has 1 amide bonds. The average molecular weight is 392 g/mol. The van der Waals surface area contributed by atoms with E-state index in [1.165, 1.54) is 0 Å². The summed E-state index contributed by atoms with van der Waals surface area (Å²) in [6.07, 6.45) is 0.963. The molecule has 0 atom stereocenters. The Hall–Kier alpha value is -3.12. The topological polar surface area (TPSA) is 75.8 Å². The van der Waals surface area contributed by atoms with Crippen LogP contribution in [0.5, 0.6) is 0 Å². The smallest absolute Gasteiger partial charge is 0.410 e. The van der Waals surface area contributed by atoms with Crippen molar-refractivity contribution in [3.63, 3.8) is 0 Å². The summed E-state index contributed by atoms with van der Waals surface area (Å²) in [5.41, 5.74) is 1.77. The number of aromatic nitrogens is 1. The molecule has 0 aliphatic carbocycles. The Bertz CT molecular complexity index is 932. The van der Waals surface area contributed by atoms with Crippen molar-refractivity contribution in [1.82, 2.24) is 10.1 Å². The van der Waals surface area contributed by atoms with Gasteiger partial charge in [-0.1, -0.05) is 65.8 Å². The van der Waals surface area contributed by atoms with E-state index in [0.717, 1.165) is 16.8 Å². The van der Waals surface area contributed by atoms with Crippen LogP contribution in [0.15, 0.2) is 71.3 Å². The molecule has 1 aromatic heterocycles. The SMILES string of the molecule is O=C(OCc1ccccc1)N1CCC(O)(Cc2cc(-c3ccccc3)no2)CC1. The average Bonchev–Trinajstić information content (AvgIpc) is 3.22. The van der Waals surface area contributed by atoms with Gasteiger partial charge in [-0.05, 0) is 18.4 Å². The summed E-state index contributed by atoms with van der Waals surface area (Å²) in [6, 6.07) is 21.2. The summed E-state index contributed by atoms with van der Waals surface area (Å²) in [7, 11) is 0. The van der Waals surface area contributed by atoms with Crippen molar-refractivity contribution >= 4 is 6.09 Å². The van der Waals surface area contributed by atoms with Gasteiger partial charge in [0, 0.05) is 31.1 Å². The molecule has 150 valence electrons. The zero-order valence-corrected chi connectivity index (χ0v) is 16.2. The highest BCUT2D eigenvalue weighted by molar-refractivity contribution is 5.67. The number of ether oxygens (including phenoxy) is 1. The van der Waals surface area contributed by atoms with Gasteiger partial charge in [-0.15, -0.1) is 0 Å². The van der Waals surface area contributed by atoms with Gasteiger partial charge < -0.3 is 19.3 Å². The minimum absolute atomic E-state index is 0.251. The molecule has 1 aliphatic rings. The van der Waals surface area contributed by atoms with Crippen LogP contribution < -0.4 is 0 Å². The quantitative estimate of drug-likeness (QED) is 0.709. The van der Waals surface area contributed by atoms with Gasteiger partial charge in [-0.2, -0.15) is 0 Å². The molecule has 1 aliphatic heterocycles. The van der Waals surface area contributed by atoms with Crippen LogP contribution in [0.3, 0.4) is 0 Å². The Labute approximate surface area is 169 Å². The highest BCUT2D eigenvalue weighted by Crippen LogP contribution is 2.28. The molecule has 0 spiro atoms. The first-order valence-corrected chi connectivity index (χ1v) is 9.80. The van der Waals surface area contributed by atoms with E-state index in [1.54, 1.807) is 4.90 Å². The maximum atomic E-state index is 12.3. The lowest BCUT2D eigenvalue weighted by Gasteiger charge is -2.37. The molecule has 4 rings (SSSR count). The third-order valence-corrected chi connectivity index (χ3v) is 5.29. The van der Waals surface area contributed by atoms with Gasteiger partial charge >= 0.3 is 6.09 Å². The molecule has 1 saturated heterocycles. The summed E-state index contributed by atoms with van der Waals surface area (Å²) < 4.78 is 10.8. The van der Waals surface area contributed by atoms with Crippen molar-refractivity contribution in [3.8, 4) is 11.3 Å². The van der Waals surface area contributed by atoms with E-state index in [-0.39, 0.29) is 12.7 Å². The first-order valence-electron chi connectivity index (χ1n) is 9.80. The first kappa shape index (κ1) is 19.2. The fourth-order valence-electron chi connectivity index (χ4n) is 3.56. The normalized spacial score (nSPS) is 15.8. The van der Waals surface area contributed by atoms with Gasteiger partial charge in [-0.25, -0.2) is 4.79 Å². The first-order chi connectivity index (χ1) is 14.1. The maximum absolute atomic E-state index is 12.3. The highest BCUT2D eigenvalue weighted by Gasteiger charge is 2.35. The van der Waals surface area contributed by atoms with Crippen molar-refractivity contribution in [2.75, 3.05) is 13.1 Å². The number of amides is 1. The number of likely N-dealkylation sites (tertiary alicyclic amines) is 1. The Morgan fingerprint density at radius 2 is 1.72 bits per heavy atom. The fourth-order valence-corrected chi connectivity index (χ4v) is 3.56. The van der Waals surface area contributed by atoms with Crippen LogP contribution in [-0.4, -0.2) is 39.9 Å². The maximum Gasteiger partial charge on any atom is 0.410 e. The van der Waals surface area contributed by atoms with Gasteiger partial charge in [0.25, 0.3) is 0 Å². The molecule has 0 bridgehead atoms. The Morgan fingerprint density at radius 3 is 2.41 bits per heavy atom. The second kappa shape index (κ2) is 8.49. The zero-order chi connectivity index (χ0) is 20.1. The summed E-state index contributed by atoms with van der Waals surface area (Å²) in [5.74, 6) is 0.645. The lowest BCUT2D eigenvalue weighted by molar-refractivity contribution is -0.0244. The number of nitrogens with zero attached hydrogens (tertiary/aromatic N) is 2. The third kappa shape index (κ3) is 4.84. The standard InChI is InChI=1S/C23H24N2O4/c26-22(28-17-18-7-3-1-4-8-18)25-13-11-23(27,12-14-25)16-20-15-21(24-29-20)19-9-5-2-6-10-19/h1-10,15,27H,11-14,16-17H2. The van der Waals surface area contributed by atoms with Crippen LogP contribution in [0.1, 0.15) is 24.2 Å². The molecule has 0 radical (unpaired) electrons. The summed E-state index contributed by atoms with van der Waals surface area (Å²) in [5, 5.41) is 15.1. The molecule has 2 aromatic carbocycles. The minimum Gasteiger partial charge on any atom is -0.445 e. The van der Waals surface area contributed by atoms with Crippen molar-refractivity contribution in [2.45, 2.75) is 31.5 Å². The summed E-state index contributed by atoms with van der Waals surface area (Å²) >= 11 is 0. The van der Waals surface area contributed by atoms with E-state index in [0.29, 0.717) is 38.1 Å². The lowest BCUT2D eigenvalue weighted by atomic mass is 9.87. The Kier molecular flexibility index (Phi) is 5.62. The van der Waals surface area contributed by atoms with Crippen LogP contribution in [0.25, 0.3) is 11.3 Å². The van der Waals surface area contributed by atoms with Gasteiger partial charge in [0.1, 0.15) is 18.1 Å². The number of rotatable bonds is 5. The highest BCUT2D eigenvalue weighted by atomic mass is 16.6. The number of hydrogen-bond donors (Lipinski definition) is 1. The molecule has 3 aromatic rings. The van der Waals surface area contributed by atoms with Crippen molar-refractivity contribution in [3.05, 3.63) is 78.1 Å². The number of carbonyl (C=O) groups is 1. The van der Waals surface area contributed by atoms with Gasteiger partial charge in [0.2, 0.25) is 0 Å². The van der Waals surface area contributed by atoms with Crippen molar-refractivity contribution < 1.29 is 19.2 Å². The van der Waals surface area contributed by atoms with E-state index in [9.17, 15) is 9.90 Å². The molecule has 0 saturated carbocycles. The molecule has 2 heterocycles. The second-order valence-corrected chi connectivity index (χ2v) is 7.47. The largest absolute Gasteiger partial charge is 0.445 e. The van der Waals surface area contributed by atoms with E-state index in [4.69, 9.17) is 9.26 Å². The fraction of sp³-hybridized carbons (Fsp3) is 0.304. The minimum atomic E-state index is -0.913. The molecular formula is C23H24N2O4. The predicted molar refractivity (Wildman–Crippen MR) is 108 cm³/mol. The van der Waals surface area contributed by atoms with E-state index < -0.39 is 5.60 Å². The van der Waals surface area contributed by atoms with Crippen LogP contribution in [0, 0.1) is 0 Å². The Morgan fingerprint density at radius 1 is 1.07 bits per heavy atom. The van der Waals surface area contributed by atoms with Crippen molar-refractivity contribution in [2.24, 2.45) is 0 Å². The van der Waals surface area contributed by atoms with E-state index in [2.05, 4.69) is 5.16 Å². The monoisotopic (exact) mass is 392 g/mol. The number of hydrogen-bond acceptors (Lipinski definition) is 5. The van der Waals surface area contributed by atoms with Crippen molar-refractivity contribution in [1.29, 1.82) is 0 Å². The van der Waals surface area contributed by atoms with Crippen LogP contribution >= 0.6 is 0 Å². The van der Waals surface area contributed by atoms with Crippen LogP contribution in [0.4, 0.5) is 4.79 Å². The lowest BCUT2D eigenvalue weighted by Crippen LogP contribution is -2.47. The molecule has 0 unspecified atom stereocenters.